The van der Waals surface area contributed by atoms with Gasteiger partial charge in [-0.25, -0.2) is 0 Å². The molecule has 0 amide bonds. The van der Waals surface area contributed by atoms with Crippen molar-refractivity contribution in [1.29, 1.82) is 0 Å². The fourth-order valence-electron chi connectivity index (χ4n) is 2.47. The average molecular weight is 280 g/mol. The van der Waals surface area contributed by atoms with E-state index in [2.05, 4.69) is 36.4 Å². The zero-order chi connectivity index (χ0) is 14.3. The van der Waals surface area contributed by atoms with Crippen molar-refractivity contribution in [3.05, 3.63) is 77.9 Å². The van der Waals surface area contributed by atoms with Crippen LogP contribution in [0.5, 0.6) is 5.75 Å². The molecule has 3 rings (SSSR count). The third kappa shape index (κ3) is 3.96. The van der Waals surface area contributed by atoms with Crippen LogP contribution in [0.2, 0.25) is 0 Å². The first-order valence-corrected chi connectivity index (χ1v) is 7.45. The third-order valence-electron chi connectivity index (χ3n) is 3.58. The lowest BCUT2D eigenvalue weighted by Gasteiger charge is -2.20. The van der Waals surface area contributed by atoms with Crippen LogP contribution in [-0.2, 0) is 17.8 Å². The lowest BCUT2D eigenvalue weighted by atomic mass is 10.1. The van der Waals surface area contributed by atoms with E-state index in [4.69, 9.17) is 9.47 Å². The highest BCUT2D eigenvalue weighted by atomic mass is 16.5. The van der Waals surface area contributed by atoms with E-state index in [1.807, 2.05) is 30.3 Å². The summed E-state index contributed by atoms with van der Waals surface area (Å²) in [6.45, 7) is 1.19. The summed E-state index contributed by atoms with van der Waals surface area (Å²) in [7, 11) is 0. The minimum atomic E-state index is -0.0184. The van der Waals surface area contributed by atoms with E-state index in [1.54, 1.807) is 0 Å². The van der Waals surface area contributed by atoms with Gasteiger partial charge in [0.05, 0.1) is 13.2 Å². The van der Waals surface area contributed by atoms with Crippen molar-refractivity contribution in [2.75, 3.05) is 6.61 Å². The van der Waals surface area contributed by atoms with E-state index >= 15 is 0 Å². The Hall–Kier alpha value is -2.06. The molecule has 1 heterocycles. The van der Waals surface area contributed by atoms with Gasteiger partial charge >= 0.3 is 0 Å². The first-order chi connectivity index (χ1) is 10.4. The second-order valence-corrected chi connectivity index (χ2v) is 5.23. The van der Waals surface area contributed by atoms with Gasteiger partial charge in [-0.15, -0.1) is 0 Å². The Labute approximate surface area is 126 Å². The molecule has 1 atom stereocenters. The van der Waals surface area contributed by atoms with E-state index in [-0.39, 0.29) is 6.10 Å². The number of rotatable bonds is 4. The third-order valence-corrected chi connectivity index (χ3v) is 3.58. The Morgan fingerprint density at radius 2 is 1.81 bits per heavy atom. The van der Waals surface area contributed by atoms with Crippen LogP contribution in [0.25, 0.3) is 0 Å². The van der Waals surface area contributed by atoms with Crippen LogP contribution < -0.4 is 4.74 Å². The lowest BCUT2D eigenvalue weighted by Crippen LogP contribution is -2.22. The van der Waals surface area contributed by atoms with Crippen LogP contribution in [0.3, 0.4) is 0 Å². The molecular formula is C19H20O2. The molecule has 0 spiro atoms. The number of hydrogen-bond acceptors (Lipinski definition) is 2. The molecule has 2 heteroatoms. The average Bonchev–Trinajstić information content (AvgIpc) is 2.51. The molecule has 0 bridgehead atoms. The Morgan fingerprint density at radius 3 is 2.71 bits per heavy atom. The van der Waals surface area contributed by atoms with E-state index in [0.29, 0.717) is 13.2 Å². The monoisotopic (exact) mass is 280 g/mol. The van der Waals surface area contributed by atoms with Gasteiger partial charge in [0.25, 0.3) is 0 Å². The number of benzene rings is 2. The highest BCUT2D eigenvalue weighted by molar-refractivity contribution is 5.34. The molecule has 1 aliphatic heterocycles. The van der Waals surface area contributed by atoms with Gasteiger partial charge in [0.15, 0.2) is 0 Å². The summed E-state index contributed by atoms with van der Waals surface area (Å²) in [6.07, 6.45) is 6.36. The maximum Gasteiger partial charge on any atom is 0.140 e. The first-order valence-electron chi connectivity index (χ1n) is 7.45. The molecule has 21 heavy (non-hydrogen) atoms. The van der Waals surface area contributed by atoms with Crippen LogP contribution in [-0.4, -0.2) is 12.7 Å². The van der Waals surface area contributed by atoms with Crippen LogP contribution in [0.4, 0.5) is 0 Å². The van der Waals surface area contributed by atoms with Crippen LogP contribution in [0, 0.1) is 0 Å². The molecule has 0 aromatic heterocycles. The summed E-state index contributed by atoms with van der Waals surface area (Å²) < 4.78 is 11.9. The molecule has 0 aliphatic carbocycles. The largest absolute Gasteiger partial charge is 0.484 e. The summed E-state index contributed by atoms with van der Waals surface area (Å²) in [6, 6.07) is 18.5. The number of para-hydroxylation sites is 1. The molecule has 0 saturated carbocycles. The van der Waals surface area contributed by atoms with Crippen molar-refractivity contribution in [1.82, 2.24) is 0 Å². The Morgan fingerprint density at radius 1 is 1.00 bits per heavy atom. The molecule has 0 saturated heterocycles. The zero-order valence-corrected chi connectivity index (χ0v) is 12.1. The van der Waals surface area contributed by atoms with Crippen molar-refractivity contribution in [2.24, 2.45) is 0 Å². The van der Waals surface area contributed by atoms with Crippen LogP contribution in [0.15, 0.2) is 66.7 Å². The molecule has 2 nitrogen and oxygen atoms in total. The summed E-state index contributed by atoms with van der Waals surface area (Å²) in [5, 5.41) is 0. The van der Waals surface area contributed by atoms with Gasteiger partial charge in [0, 0.05) is 0 Å². The molecular weight excluding hydrogens is 260 g/mol. The SMILES string of the molecule is C1=C\[C@@H](COCc2ccccc2)Oc2ccccc2CC/1. The number of allylic oxidation sites excluding steroid dienone is 1. The molecule has 0 N–H and O–H groups in total. The minimum absolute atomic E-state index is 0.0184. The molecule has 2 aromatic rings. The van der Waals surface area contributed by atoms with Gasteiger partial charge < -0.3 is 9.47 Å². The van der Waals surface area contributed by atoms with E-state index in [0.717, 1.165) is 18.6 Å². The summed E-state index contributed by atoms with van der Waals surface area (Å²) in [5.74, 6) is 0.982. The van der Waals surface area contributed by atoms with Gasteiger partial charge in [0.2, 0.25) is 0 Å². The summed E-state index contributed by atoms with van der Waals surface area (Å²) in [5.41, 5.74) is 2.46. The number of fused-ring (bicyclic) bond motifs is 1. The number of aryl methyl sites for hydroxylation is 1. The van der Waals surface area contributed by atoms with Crippen molar-refractivity contribution >= 4 is 0 Å². The highest BCUT2D eigenvalue weighted by Gasteiger charge is 2.12. The topological polar surface area (TPSA) is 18.5 Å². The molecule has 0 fully saturated rings. The molecule has 1 aliphatic rings. The Kier molecular flexibility index (Phi) is 4.70. The first kappa shape index (κ1) is 13.9. The van der Waals surface area contributed by atoms with E-state index < -0.39 is 0 Å². The van der Waals surface area contributed by atoms with Gasteiger partial charge in [-0.2, -0.15) is 0 Å². The second kappa shape index (κ2) is 7.09. The van der Waals surface area contributed by atoms with Gasteiger partial charge in [-0.1, -0.05) is 54.6 Å². The zero-order valence-electron chi connectivity index (χ0n) is 12.1. The number of ether oxygens (including phenoxy) is 2. The maximum atomic E-state index is 6.06. The second-order valence-electron chi connectivity index (χ2n) is 5.23. The van der Waals surface area contributed by atoms with Crippen LogP contribution in [0.1, 0.15) is 17.5 Å². The fourth-order valence-corrected chi connectivity index (χ4v) is 2.47. The number of hydrogen-bond donors (Lipinski definition) is 0. The minimum Gasteiger partial charge on any atom is -0.484 e. The fraction of sp³-hybridized carbons (Fsp3) is 0.263. The smallest absolute Gasteiger partial charge is 0.140 e. The van der Waals surface area contributed by atoms with Crippen molar-refractivity contribution in [2.45, 2.75) is 25.6 Å². The predicted molar refractivity (Wildman–Crippen MR) is 84.4 cm³/mol. The maximum absolute atomic E-state index is 6.06. The quantitative estimate of drug-likeness (QED) is 0.783. The molecule has 2 aromatic carbocycles. The summed E-state index contributed by atoms with van der Waals surface area (Å²) in [4.78, 5) is 0. The highest BCUT2D eigenvalue weighted by Crippen LogP contribution is 2.23. The van der Waals surface area contributed by atoms with Crippen molar-refractivity contribution < 1.29 is 9.47 Å². The van der Waals surface area contributed by atoms with Crippen molar-refractivity contribution in [3.8, 4) is 5.75 Å². The van der Waals surface area contributed by atoms with Gasteiger partial charge in [0.1, 0.15) is 11.9 Å². The Balaban J connectivity index is 1.58. The Bertz CT molecular complexity index is 590. The van der Waals surface area contributed by atoms with Gasteiger partial charge in [-0.05, 0) is 36.1 Å². The van der Waals surface area contributed by atoms with E-state index in [1.165, 1.54) is 11.1 Å². The molecule has 108 valence electrons. The molecule has 0 unspecified atom stereocenters. The molecule has 0 radical (unpaired) electrons. The van der Waals surface area contributed by atoms with Crippen LogP contribution >= 0.6 is 0 Å². The normalized spacial score (nSPS) is 19.0. The standard InChI is InChI=1S/C19H20O2/c1-2-8-16(9-3-1)14-20-15-18-12-6-4-10-17-11-5-7-13-19(17)21-18/h1-3,5-9,11-13,18H,4,10,14-15H2/b12-6-/t18-/m0/s1. The van der Waals surface area contributed by atoms with Crippen molar-refractivity contribution in [3.63, 3.8) is 0 Å². The lowest BCUT2D eigenvalue weighted by molar-refractivity contribution is 0.0601. The predicted octanol–water partition coefficient (Wildman–Crippen LogP) is 4.15. The summed E-state index contributed by atoms with van der Waals surface area (Å²) >= 11 is 0. The van der Waals surface area contributed by atoms with E-state index in [9.17, 15) is 0 Å². The van der Waals surface area contributed by atoms with Gasteiger partial charge in [-0.3, -0.25) is 0 Å².